The lowest BCUT2D eigenvalue weighted by Gasteiger charge is -2.40. The van der Waals surface area contributed by atoms with Crippen molar-refractivity contribution in [1.29, 1.82) is 0 Å². The Bertz CT molecular complexity index is 680. The Kier molecular flexibility index (Phi) is 3.71. The number of carboxylic acids is 1. The minimum Gasteiger partial charge on any atom is -0.476 e. The Morgan fingerprint density at radius 3 is 2.76 bits per heavy atom. The monoisotopic (exact) mass is 303 g/mol. The van der Waals surface area contributed by atoms with E-state index in [-0.39, 0.29) is 10.4 Å². The Balaban J connectivity index is 1.98. The number of fused-ring (bicyclic) bond motifs is 1. The summed E-state index contributed by atoms with van der Waals surface area (Å²) >= 11 is 1.85. The molecule has 1 aromatic heterocycles. The van der Waals surface area contributed by atoms with Crippen LogP contribution in [0.25, 0.3) is 10.9 Å². The number of nitrogens with zero attached hydrogens (tertiary/aromatic N) is 2. The first-order chi connectivity index (χ1) is 10.2. The zero-order valence-electron chi connectivity index (χ0n) is 11.8. The van der Waals surface area contributed by atoms with Gasteiger partial charge in [-0.25, -0.2) is 4.79 Å². The van der Waals surface area contributed by atoms with Crippen molar-refractivity contribution in [2.45, 2.75) is 24.0 Å². The molecule has 0 atom stereocenters. The largest absolute Gasteiger partial charge is 0.476 e. The second-order valence-electron chi connectivity index (χ2n) is 5.34. The normalized spacial score (nSPS) is 16.4. The highest BCUT2D eigenvalue weighted by Gasteiger charge is 2.36. The predicted octanol–water partition coefficient (Wildman–Crippen LogP) is 3.03. The van der Waals surface area contributed by atoms with Crippen LogP contribution in [0.15, 0.2) is 24.3 Å². The third-order valence-corrected chi connectivity index (χ3v) is 5.57. The molecule has 1 aliphatic carbocycles. The molecule has 0 spiro atoms. The van der Waals surface area contributed by atoms with Gasteiger partial charge in [-0.05, 0) is 25.2 Å². The van der Waals surface area contributed by atoms with Gasteiger partial charge < -0.3 is 10.4 Å². The van der Waals surface area contributed by atoms with E-state index < -0.39 is 5.97 Å². The summed E-state index contributed by atoms with van der Waals surface area (Å²) in [5.41, 5.74) is 1.27. The fourth-order valence-corrected chi connectivity index (χ4v) is 3.57. The standard InChI is InChI=1S/C15H17N3O2S/c1-21-15(7-4-8-15)9-16-12-10-5-2-3-6-11(10)17-18-13(12)14(19)20/h2-3,5-6H,4,7-9H2,1H3,(H,16,17)(H,19,20). The van der Waals surface area contributed by atoms with E-state index >= 15 is 0 Å². The number of carboxylic acid groups (broad SMARTS) is 1. The minimum absolute atomic E-state index is 0.00993. The molecular weight excluding hydrogens is 286 g/mol. The smallest absolute Gasteiger partial charge is 0.358 e. The zero-order chi connectivity index (χ0) is 14.9. The van der Waals surface area contributed by atoms with E-state index in [1.165, 1.54) is 19.3 Å². The number of hydrogen-bond donors (Lipinski definition) is 2. The van der Waals surface area contributed by atoms with Crippen LogP contribution in [0.2, 0.25) is 0 Å². The molecule has 0 radical (unpaired) electrons. The quantitative estimate of drug-likeness (QED) is 0.884. The summed E-state index contributed by atoms with van der Waals surface area (Å²) < 4.78 is 0.222. The van der Waals surface area contributed by atoms with Crippen LogP contribution < -0.4 is 5.32 Å². The van der Waals surface area contributed by atoms with E-state index in [4.69, 9.17) is 0 Å². The van der Waals surface area contributed by atoms with Gasteiger partial charge in [-0.3, -0.25) is 0 Å². The summed E-state index contributed by atoms with van der Waals surface area (Å²) in [6.45, 7) is 0.754. The van der Waals surface area contributed by atoms with Crippen LogP contribution in [0.1, 0.15) is 29.8 Å². The van der Waals surface area contributed by atoms with Crippen LogP contribution in [0.5, 0.6) is 0 Å². The predicted molar refractivity (Wildman–Crippen MR) is 85.1 cm³/mol. The number of hydrogen-bond acceptors (Lipinski definition) is 5. The number of carbonyl (C=O) groups is 1. The molecule has 1 aromatic carbocycles. The molecule has 0 bridgehead atoms. The lowest BCUT2D eigenvalue weighted by atomic mass is 9.84. The molecular formula is C15H17N3O2S. The molecule has 0 amide bonds. The third kappa shape index (κ3) is 2.55. The first-order valence-electron chi connectivity index (χ1n) is 6.93. The fraction of sp³-hybridized carbons (Fsp3) is 0.400. The molecule has 2 N–H and O–H groups in total. The van der Waals surface area contributed by atoms with Crippen molar-refractivity contribution in [1.82, 2.24) is 10.2 Å². The summed E-state index contributed by atoms with van der Waals surface area (Å²) in [6.07, 6.45) is 5.69. The molecule has 0 unspecified atom stereocenters. The van der Waals surface area contributed by atoms with Crippen molar-refractivity contribution in [3.05, 3.63) is 30.0 Å². The molecule has 1 fully saturated rings. The summed E-state index contributed by atoms with van der Waals surface area (Å²) in [7, 11) is 0. The van der Waals surface area contributed by atoms with Crippen LogP contribution in [0, 0.1) is 0 Å². The number of aromatic carboxylic acids is 1. The van der Waals surface area contributed by atoms with Crippen LogP contribution in [0.4, 0.5) is 5.69 Å². The number of anilines is 1. The Morgan fingerprint density at radius 1 is 1.38 bits per heavy atom. The van der Waals surface area contributed by atoms with E-state index in [2.05, 4.69) is 21.8 Å². The Morgan fingerprint density at radius 2 is 2.14 bits per heavy atom. The highest BCUT2D eigenvalue weighted by Crippen LogP contribution is 2.43. The van der Waals surface area contributed by atoms with Crippen molar-refractivity contribution in [2.24, 2.45) is 0 Å². The first-order valence-corrected chi connectivity index (χ1v) is 8.15. The van der Waals surface area contributed by atoms with Gasteiger partial charge in [-0.15, -0.1) is 10.2 Å². The van der Waals surface area contributed by atoms with E-state index in [9.17, 15) is 9.90 Å². The topological polar surface area (TPSA) is 75.1 Å². The van der Waals surface area contributed by atoms with Crippen LogP contribution in [-0.4, -0.2) is 38.8 Å². The van der Waals surface area contributed by atoms with Crippen LogP contribution in [0.3, 0.4) is 0 Å². The fourth-order valence-electron chi connectivity index (χ4n) is 2.66. The molecule has 1 aliphatic rings. The third-order valence-electron chi connectivity index (χ3n) is 4.16. The summed E-state index contributed by atoms with van der Waals surface area (Å²) in [6, 6.07) is 7.48. The van der Waals surface area contributed by atoms with Gasteiger partial charge in [0.25, 0.3) is 0 Å². The Hall–Kier alpha value is -1.82. The molecule has 2 aromatic rings. The van der Waals surface area contributed by atoms with Gasteiger partial charge in [0, 0.05) is 16.7 Å². The molecule has 3 rings (SSSR count). The van der Waals surface area contributed by atoms with Crippen molar-refractivity contribution in [2.75, 3.05) is 18.1 Å². The molecule has 1 saturated carbocycles. The average molecular weight is 303 g/mol. The lowest BCUT2D eigenvalue weighted by molar-refractivity contribution is 0.0690. The second kappa shape index (κ2) is 5.52. The molecule has 6 heteroatoms. The molecule has 0 saturated heterocycles. The maximum Gasteiger partial charge on any atom is 0.358 e. The summed E-state index contributed by atoms with van der Waals surface area (Å²) in [4.78, 5) is 11.4. The van der Waals surface area contributed by atoms with Crippen molar-refractivity contribution < 1.29 is 9.90 Å². The second-order valence-corrected chi connectivity index (χ2v) is 6.61. The van der Waals surface area contributed by atoms with Gasteiger partial charge in [0.15, 0.2) is 5.69 Å². The summed E-state index contributed by atoms with van der Waals surface area (Å²) in [5.74, 6) is -1.05. The number of aromatic nitrogens is 2. The number of nitrogens with one attached hydrogen (secondary N) is 1. The Labute approximate surface area is 127 Å². The van der Waals surface area contributed by atoms with Gasteiger partial charge in [0.1, 0.15) is 0 Å². The van der Waals surface area contributed by atoms with Crippen molar-refractivity contribution in [3.8, 4) is 0 Å². The number of rotatable bonds is 5. The molecule has 110 valence electrons. The molecule has 5 nitrogen and oxygen atoms in total. The summed E-state index contributed by atoms with van der Waals surface area (Å²) in [5, 5.41) is 21.3. The van der Waals surface area contributed by atoms with Crippen LogP contribution in [-0.2, 0) is 0 Å². The highest BCUT2D eigenvalue weighted by molar-refractivity contribution is 8.00. The van der Waals surface area contributed by atoms with Gasteiger partial charge in [0.05, 0.1) is 11.2 Å². The average Bonchev–Trinajstić information content (AvgIpc) is 2.46. The van der Waals surface area contributed by atoms with E-state index in [1.54, 1.807) is 0 Å². The minimum atomic E-state index is -1.05. The molecule has 0 aliphatic heterocycles. The van der Waals surface area contributed by atoms with Gasteiger partial charge in [-0.2, -0.15) is 11.8 Å². The van der Waals surface area contributed by atoms with Crippen molar-refractivity contribution in [3.63, 3.8) is 0 Å². The van der Waals surface area contributed by atoms with E-state index in [0.717, 1.165) is 11.9 Å². The SMILES string of the molecule is CSC1(CNc2c(C(=O)O)nnc3ccccc23)CCC1. The number of thioether (sulfide) groups is 1. The van der Waals surface area contributed by atoms with Crippen molar-refractivity contribution >= 4 is 34.3 Å². The van der Waals surface area contributed by atoms with Gasteiger partial charge in [0.2, 0.25) is 0 Å². The molecule has 1 heterocycles. The van der Waals surface area contributed by atoms with E-state index in [1.807, 2.05) is 36.0 Å². The van der Waals surface area contributed by atoms with Gasteiger partial charge in [-0.1, -0.05) is 24.6 Å². The van der Waals surface area contributed by atoms with E-state index in [0.29, 0.717) is 11.2 Å². The zero-order valence-corrected chi connectivity index (χ0v) is 12.6. The lowest BCUT2D eigenvalue weighted by Crippen LogP contribution is -2.40. The highest BCUT2D eigenvalue weighted by atomic mass is 32.2. The maximum atomic E-state index is 11.4. The number of benzene rings is 1. The van der Waals surface area contributed by atoms with Gasteiger partial charge >= 0.3 is 5.97 Å². The van der Waals surface area contributed by atoms with Crippen LogP contribution >= 0.6 is 11.8 Å². The first kappa shape index (κ1) is 14.1. The maximum absolute atomic E-state index is 11.4. The molecule has 21 heavy (non-hydrogen) atoms.